The molecule has 0 aliphatic heterocycles. The van der Waals surface area contributed by atoms with Gasteiger partial charge in [0.2, 0.25) is 0 Å². The molecule has 0 aliphatic rings. The highest BCUT2D eigenvalue weighted by Crippen LogP contribution is 2.24. The molecule has 2 aromatic heterocycles. The largest absolute Gasteiger partial charge is 0.377 e. The molecule has 0 bridgehead atoms. The molecule has 5 heteroatoms. The molecule has 1 atom stereocenters. The number of nitrogens with one attached hydrogen (secondary N) is 1. The fourth-order valence-electron chi connectivity index (χ4n) is 2.03. The van der Waals surface area contributed by atoms with Crippen LogP contribution >= 0.6 is 11.6 Å². The average molecular weight is 265 g/mol. The van der Waals surface area contributed by atoms with Crippen molar-refractivity contribution in [1.29, 1.82) is 0 Å². The second-order valence-corrected chi connectivity index (χ2v) is 4.92. The molecule has 0 aliphatic carbocycles. The third-order valence-electron chi connectivity index (χ3n) is 2.97. The summed E-state index contributed by atoms with van der Waals surface area (Å²) in [5.41, 5.74) is 4.31. The number of rotatable bonds is 3. The molecule has 0 fully saturated rings. The van der Waals surface area contributed by atoms with Crippen LogP contribution in [-0.2, 0) is 7.05 Å². The summed E-state index contributed by atoms with van der Waals surface area (Å²) in [5.74, 6) is 0. The fraction of sp³-hybridized carbons (Fsp3) is 0.385. The van der Waals surface area contributed by atoms with E-state index in [2.05, 4.69) is 22.3 Å². The van der Waals surface area contributed by atoms with Gasteiger partial charge in [-0.1, -0.05) is 11.6 Å². The van der Waals surface area contributed by atoms with Gasteiger partial charge in [-0.15, -0.1) is 0 Å². The maximum Gasteiger partial charge on any atom is 0.129 e. The normalized spacial score (nSPS) is 12.5. The average Bonchev–Trinajstić information content (AvgIpc) is 2.62. The van der Waals surface area contributed by atoms with Crippen LogP contribution in [0.1, 0.15) is 29.8 Å². The number of nitrogens with zero attached hydrogens (tertiary/aromatic N) is 3. The summed E-state index contributed by atoms with van der Waals surface area (Å²) in [6.45, 7) is 6.14. The Morgan fingerprint density at radius 2 is 2.11 bits per heavy atom. The zero-order chi connectivity index (χ0) is 13.3. The molecule has 1 unspecified atom stereocenters. The van der Waals surface area contributed by atoms with Crippen LogP contribution in [0.2, 0.25) is 5.15 Å². The SMILES string of the molecule is Cc1cc(Cl)ncc1NC(C)c1cn(C)nc1C. The van der Waals surface area contributed by atoms with Crippen LogP contribution in [0.5, 0.6) is 0 Å². The summed E-state index contributed by atoms with van der Waals surface area (Å²) in [6, 6.07) is 2.03. The van der Waals surface area contributed by atoms with Gasteiger partial charge < -0.3 is 5.32 Å². The van der Waals surface area contributed by atoms with E-state index in [0.717, 1.165) is 16.9 Å². The molecule has 1 N–H and O–H groups in total. The highest BCUT2D eigenvalue weighted by molar-refractivity contribution is 6.29. The Morgan fingerprint density at radius 3 is 2.67 bits per heavy atom. The smallest absolute Gasteiger partial charge is 0.129 e. The van der Waals surface area contributed by atoms with Gasteiger partial charge in [0.15, 0.2) is 0 Å². The lowest BCUT2D eigenvalue weighted by atomic mass is 10.1. The Bertz CT molecular complexity index is 562. The molecule has 18 heavy (non-hydrogen) atoms. The molecular formula is C13H17ClN4. The Hall–Kier alpha value is -1.55. The van der Waals surface area contributed by atoms with E-state index in [-0.39, 0.29) is 6.04 Å². The standard InChI is InChI=1S/C13H17ClN4/c1-8-5-13(14)15-6-12(8)16-9(2)11-7-18(4)17-10(11)3/h5-7,9,16H,1-4H3. The van der Waals surface area contributed by atoms with E-state index in [1.54, 1.807) is 6.20 Å². The van der Waals surface area contributed by atoms with Crippen molar-refractivity contribution in [2.75, 3.05) is 5.32 Å². The number of aryl methyl sites for hydroxylation is 3. The van der Waals surface area contributed by atoms with Crippen LogP contribution in [0, 0.1) is 13.8 Å². The van der Waals surface area contributed by atoms with Crippen LogP contribution < -0.4 is 5.32 Å². The van der Waals surface area contributed by atoms with Crippen molar-refractivity contribution in [3.8, 4) is 0 Å². The van der Waals surface area contributed by atoms with E-state index in [9.17, 15) is 0 Å². The first-order valence-corrected chi connectivity index (χ1v) is 6.24. The Labute approximate surface area is 112 Å². The Morgan fingerprint density at radius 1 is 1.39 bits per heavy atom. The van der Waals surface area contributed by atoms with Crippen molar-refractivity contribution < 1.29 is 0 Å². The monoisotopic (exact) mass is 264 g/mol. The maximum atomic E-state index is 5.85. The van der Waals surface area contributed by atoms with Gasteiger partial charge in [-0.25, -0.2) is 4.98 Å². The molecule has 0 aromatic carbocycles. The lowest BCUT2D eigenvalue weighted by molar-refractivity contribution is 0.756. The van der Waals surface area contributed by atoms with E-state index in [1.807, 2.05) is 37.8 Å². The van der Waals surface area contributed by atoms with E-state index >= 15 is 0 Å². The molecule has 0 saturated carbocycles. The first-order valence-electron chi connectivity index (χ1n) is 5.86. The van der Waals surface area contributed by atoms with Crippen LogP contribution in [0.15, 0.2) is 18.5 Å². The maximum absolute atomic E-state index is 5.85. The van der Waals surface area contributed by atoms with Crippen molar-refractivity contribution in [3.63, 3.8) is 0 Å². The number of aromatic nitrogens is 3. The number of hydrogen-bond donors (Lipinski definition) is 1. The van der Waals surface area contributed by atoms with E-state index < -0.39 is 0 Å². The lowest BCUT2D eigenvalue weighted by Crippen LogP contribution is -2.08. The minimum Gasteiger partial charge on any atom is -0.377 e. The van der Waals surface area contributed by atoms with Gasteiger partial charge in [0, 0.05) is 18.8 Å². The summed E-state index contributed by atoms with van der Waals surface area (Å²) in [5, 5.41) is 8.30. The third-order valence-corrected chi connectivity index (χ3v) is 3.17. The van der Waals surface area contributed by atoms with E-state index in [1.165, 1.54) is 5.56 Å². The van der Waals surface area contributed by atoms with Crippen LogP contribution in [0.25, 0.3) is 0 Å². The van der Waals surface area contributed by atoms with Crippen molar-refractivity contribution in [2.45, 2.75) is 26.8 Å². The fourth-order valence-corrected chi connectivity index (χ4v) is 2.24. The molecule has 2 rings (SSSR count). The topological polar surface area (TPSA) is 42.7 Å². The predicted octanol–water partition coefficient (Wildman–Crippen LogP) is 3.26. The summed E-state index contributed by atoms with van der Waals surface area (Å²) in [7, 11) is 1.93. The number of hydrogen-bond acceptors (Lipinski definition) is 3. The number of anilines is 1. The highest BCUT2D eigenvalue weighted by Gasteiger charge is 2.12. The lowest BCUT2D eigenvalue weighted by Gasteiger charge is -2.16. The molecule has 0 saturated heterocycles. The second-order valence-electron chi connectivity index (χ2n) is 4.53. The number of pyridine rings is 1. The third kappa shape index (κ3) is 2.64. The van der Waals surface area contributed by atoms with Gasteiger partial charge in [-0.3, -0.25) is 4.68 Å². The van der Waals surface area contributed by atoms with Gasteiger partial charge in [-0.05, 0) is 32.4 Å². The van der Waals surface area contributed by atoms with Gasteiger partial charge in [-0.2, -0.15) is 5.10 Å². The minimum absolute atomic E-state index is 0.181. The Kier molecular flexibility index (Phi) is 3.57. The summed E-state index contributed by atoms with van der Waals surface area (Å²) in [6.07, 6.45) is 3.80. The van der Waals surface area contributed by atoms with Gasteiger partial charge in [0.1, 0.15) is 5.15 Å². The number of halogens is 1. The molecule has 0 spiro atoms. The predicted molar refractivity (Wildman–Crippen MR) is 74.0 cm³/mol. The minimum atomic E-state index is 0.181. The van der Waals surface area contributed by atoms with Crippen LogP contribution in [0.4, 0.5) is 5.69 Å². The van der Waals surface area contributed by atoms with Crippen molar-refractivity contribution >= 4 is 17.3 Å². The van der Waals surface area contributed by atoms with Crippen molar-refractivity contribution in [1.82, 2.24) is 14.8 Å². The summed E-state index contributed by atoms with van der Waals surface area (Å²) >= 11 is 5.85. The molecule has 0 amide bonds. The summed E-state index contributed by atoms with van der Waals surface area (Å²) in [4.78, 5) is 4.10. The molecule has 2 heterocycles. The second kappa shape index (κ2) is 4.98. The molecule has 2 aromatic rings. The zero-order valence-electron chi connectivity index (χ0n) is 11.0. The van der Waals surface area contributed by atoms with Crippen molar-refractivity contribution in [2.24, 2.45) is 7.05 Å². The molecule has 4 nitrogen and oxygen atoms in total. The van der Waals surface area contributed by atoms with Crippen LogP contribution in [-0.4, -0.2) is 14.8 Å². The molecule has 96 valence electrons. The first kappa shape index (κ1) is 12.9. The zero-order valence-corrected chi connectivity index (χ0v) is 11.8. The van der Waals surface area contributed by atoms with Gasteiger partial charge in [0.05, 0.1) is 23.6 Å². The Balaban J connectivity index is 2.21. The van der Waals surface area contributed by atoms with Gasteiger partial charge >= 0.3 is 0 Å². The van der Waals surface area contributed by atoms with E-state index in [0.29, 0.717) is 5.15 Å². The quantitative estimate of drug-likeness (QED) is 0.866. The molecular weight excluding hydrogens is 248 g/mol. The van der Waals surface area contributed by atoms with Crippen LogP contribution in [0.3, 0.4) is 0 Å². The summed E-state index contributed by atoms with van der Waals surface area (Å²) < 4.78 is 1.83. The van der Waals surface area contributed by atoms with E-state index in [4.69, 9.17) is 11.6 Å². The van der Waals surface area contributed by atoms with Gasteiger partial charge in [0.25, 0.3) is 0 Å². The highest BCUT2D eigenvalue weighted by atomic mass is 35.5. The van der Waals surface area contributed by atoms with Crippen molar-refractivity contribution in [3.05, 3.63) is 40.4 Å². The first-order chi connectivity index (χ1) is 8.47. The molecule has 0 radical (unpaired) electrons.